The Balaban J connectivity index is 1.34. The van der Waals surface area contributed by atoms with E-state index in [1.165, 1.54) is 11.6 Å². The van der Waals surface area contributed by atoms with E-state index in [0.717, 1.165) is 50.2 Å². The van der Waals surface area contributed by atoms with Crippen LogP contribution < -0.4 is 4.74 Å². The summed E-state index contributed by atoms with van der Waals surface area (Å²) in [5, 5.41) is 8.93. The van der Waals surface area contributed by atoms with E-state index in [4.69, 9.17) is 10.00 Å². The van der Waals surface area contributed by atoms with E-state index >= 15 is 0 Å². The molecule has 1 aliphatic carbocycles. The lowest BCUT2D eigenvalue weighted by Crippen LogP contribution is -2.23. The Labute approximate surface area is 170 Å². The van der Waals surface area contributed by atoms with Crippen molar-refractivity contribution in [2.75, 3.05) is 18.8 Å². The highest BCUT2D eigenvalue weighted by atomic mass is 32.2. The molecule has 2 fully saturated rings. The largest absolute Gasteiger partial charge is 0.490 e. The summed E-state index contributed by atoms with van der Waals surface area (Å²) in [5.41, 5.74) is 0.932. The maximum atomic E-state index is 13.5. The van der Waals surface area contributed by atoms with Gasteiger partial charge in [0.2, 0.25) is 0 Å². The van der Waals surface area contributed by atoms with Crippen molar-refractivity contribution < 1.29 is 17.5 Å². The van der Waals surface area contributed by atoms with Gasteiger partial charge in [-0.25, -0.2) is 12.8 Å². The number of sulfone groups is 1. The molecule has 29 heavy (non-hydrogen) atoms. The van der Waals surface area contributed by atoms with Crippen molar-refractivity contribution in [2.24, 2.45) is 5.92 Å². The van der Waals surface area contributed by atoms with Crippen molar-refractivity contribution in [3.63, 3.8) is 0 Å². The van der Waals surface area contributed by atoms with Crippen LogP contribution in [0.1, 0.15) is 30.4 Å². The van der Waals surface area contributed by atoms with E-state index in [1.54, 1.807) is 6.07 Å². The van der Waals surface area contributed by atoms with Crippen LogP contribution in [0.5, 0.6) is 5.75 Å². The molecule has 1 saturated heterocycles. The van der Waals surface area contributed by atoms with E-state index in [1.807, 2.05) is 12.1 Å². The highest BCUT2D eigenvalue weighted by molar-refractivity contribution is 7.91. The van der Waals surface area contributed by atoms with Crippen LogP contribution in [-0.4, -0.2) is 38.3 Å². The average Bonchev–Trinajstić information content (AvgIpc) is 3.41. The summed E-state index contributed by atoms with van der Waals surface area (Å²) >= 11 is 0. The number of benzene rings is 2. The van der Waals surface area contributed by atoms with E-state index in [2.05, 4.69) is 17.0 Å². The van der Waals surface area contributed by atoms with E-state index in [9.17, 15) is 12.8 Å². The normalized spacial score (nSPS) is 19.8. The number of nitrogens with zero attached hydrogens (tertiary/aromatic N) is 2. The molecule has 0 aromatic heterocycles. The van der Waals surface area contributed by atoms with Crippen LogP contribution in [0.3, 0.4) is 0 Å². The third kappa shape index (κ3) is 4.95. The zero-order chi connectivity index (χ0) is 20.4. The number of likely N-dealkylation sites (tertiary alicyclic amines) is 1. The van der Waals surface area contributed by atoms with Crippen molar-refractivity contribution >= 4 is 9.84 Å². The summed E-state index contributed by atoms with van der Waals surface area (Å²) in [7, 11) is -3.56. The molecule has 2 aliphatic rings. The number of halogens is 1. The summed E-state index contributed by atoms with van der Waals surface area (Å²) in [5.74, 6) is 0.228. The number of ether oxygens (including phenoxy) is 1. The van der Waals surface area contributed by atoms with Gasteiger partial charge < -0.3 is 4.74 Å². The van der Waals surface area contributed by atoms with Crippen LogP contribution in [0.15, 0.2) is 47.4 Å². The number of nitriles is 1. The van der Waals surface area contributed by atoms with Gasteiger partial charge in [0.25, 0.3) is 0 Å². The standard InChI is InChI=1S/C22H23FN2O3S/c23-22-8-7-21(11-18(22)12-24)29(26,27)15-17-9-10-25(14-17)13-16-1-3-19(4-2-16)28-20-5-6-20/h1-4,7-8,11,17,20H,5-6,9-10,13-15H2/t17-/m1/s1. The van der Waals surface area contributed by atoms with Crippen LogP contribution >= 0.6 is 0 Å². The zero-order valence-corrected chi connectivity index (χ0v) is 16.9. The number of hydrogen-bond donors (Lipinski definition) is 0. The van der Waals surface area contributed by atoms with Gasteiger partial charge in [0.1, 0.15) is 17.6 Å². The Hall–Kier alpha value is -2.43. The molecule has 0 unspecified atom stereocenters. The molecule has 1 heterocycles. The monoisotopic (exact) mass is 414 g/mol. The van der Waals surface area contributed by atoms with Crippen LogP contribution in [-0.2, 0) is 16.4 Å². The summed E-state index contributed by atoms with van der Waals surface area (Å²) in [6.07, 6.45) is 3.45. The minimum Gasteiger partial charge on any atom is -0.490 e. The Morgan fingerprint density at radius 2 is 1.90 bits per heavy atom. The first-order chi connectivity index (χ1) is 13.9. The van der Waals surface area contributed by atoms with Crippen LogP contribution in [0.4, 0.5) is 4.39 Å². The molecule has 0 spiro atoms. The van der Waals surface area contributed by atoms with Gasteiger partial charge in [0.15, 0.2) is 9.84 Å². The van der Waals surface area contributed by atoms with Crippen molar-refractivity contribution in [3.05, 3.63) is 59.4 Å². The van der Waals surface area contributed by atoms with Gasteiger partial charge in [-0.05, 0) is 67.6 Å². The highest BCUT2D eigenvalue weighted by Crippen LogP contribution is 2.28. The van der Waals surface area contributed by atoms with Crippen LogP contribution in [0, 0.1) is 23.1 Å². The quantitative estimate of drug-likeness (QED) is 0.648. The molecule has 2 aromatic rings. The van der Waals surface area contributed by atoms with Gasteiger partial charge in [0, 0.05) is 13.1 Å². The maximum Gasteiger partial charge on any atom is 0.178 e. The minimum atomic E-state index is -3.56. The second-order valence-electron chi connectivity index (χ2n) is 7.89. The lowest BCUT2D eigenvalue weighted by molar-refractivity contribution is 0.302. The topological polar surface area (TPSA) is 70.4 Å². The maximum absolute atomic E-state index is 13.5. The van der Waals surface area contributed by atoms with Gasteiger partial charge >= 0.3 is 0 Å². The third-order valence-electron chi connectivity index (χ3n) is 5.40. The summed E-state index contributed by atoms with van der Waals surface area (Å²) < 4.78 is 44.6. The number of hydrogen-bond acceptors (Lipinski definition) is 5. The summed E-state index contributed by atoms with van der Waals surface area (Å²) in [6, 6.07) is 13.2. The zero-order valence-electron chi connectivity index (χ0n) is 16.1. The smallest absolute Gasteiger partial charge is 0.178 e. The molecular formula is C22H23FN2O3S. The Kier molecular flexibility index (Phi) is 5.57. The van der Waals surface area contributed by atoms with E-state index in [-0.39, 0.29) is 22.1 Å². The van der Waals surface area contributed by atoms with Gasteiger partial charge in [0.05, 0.1) is 22.3 Å². The van der Waals surface area contributed by atoms with Crippen molar-refractivity contribution in [1.29, 1.82) is 5.26 Å². The lowest BCUT2D eigenvalue weighted by atomic mass is 10.1. The predicted octanol–water partition coefficient (Wildman–Crippen LogP) is 3.53. The molecule has 0 bridgehead atoms. The average molecular weight is 415 g/mol. The molecule has 1 atom stereocenters. The molecular weight excluding hydrogens is 391 g/mol. The van der Waals surface area contributed by atoms with Crippen molar-refractivity contribution in [3.8, 4) is 11.8 Å². The molecule has 1 aliphatic heterocycles. The molecule has 152 valence electrons. The van der Waals surface area contributed by atoms with Crippen LogP contribution in [0.2, 0.25) is 0 Å². The molecule has 0 amide bonds. The van der Waals surface area contributed by atoms with Gasteiger partial charge in [-0.3, -0.25) is 4.90 Å². The molecule has 7 heteroatoms. The second-order valence-corrected chi connectivity index (χ2v) is 9.92. The number of rotatable bonds is 7. The molecule has 4 rings (SSSR count). The van der Waals surface area contributed by atoms with Crippen molar-refractivity contribution in [1.82, 2.24) is 4.90 Å². The molecule has 1 saturated carbocycles. The van der Waals surface area contributed by atoms with Crippen molar-refractivity contribution in [2.45, 2.75) is 36.8 Å². The molecule has 2 aromatic carbocycles. The Morgan fingerprint density at radius 3 is 2.59 bits per heavy atom. The predicted molar refractivity (Wildman–Crippen MR) is 107 cm³/mol. The SMILES string of the molecule is N#Cc1cc(S(=O)(=O)C[C@@H]2CCN(Cc3ccc(OC4CC4)cc3)C2)ccc1F. The Bertz CT molecular complexity index is 1030. The van der Waals surface area contributed by atoms with Gasteiger partial charge in [-0.1, -0.05) is 12.1 Å². The first-order valence-electron chi connectivity index (χ1n) is 9.83. The second kappa shape index (κ2) is 8.13. The van der Waals surface area contributed by atoms with Crippen LogP contribution in [0.25, 0.3) is 0 Å². The van der Waals surface area contributed by atoms with Gasteiger partial charge in [-0.2, -0.15) is 5.26 Å². The fourth-order valence-electron chi connectivity index (χ4n) is 3.69. The third-order valence-corrected chi connectivity index (χ3v) is 7.28. The molecule has 0 radical (unpaired) electrons. The highest BCUT2D eigenvalue weighted by Gasteiger charge is 2.29. The minimum absolute atomic E-state index is 0.00810. The summed E-state index contributed by atoms with van der Waals surface area (Å²) in [4.78, 5) is 2.27. The lowest BCUT2D eigenvalue weighted by Gasteiger charge is -2.16. The summed E-state index contributed by atoms with van der Waals surface area (Å²) in [6.45, 7) is 2.31. The first-order valence-corrected chi connectivity index (χ1v) is 11.5. The van der Waals surface area contributed by atoms with Gasteiger partial charge in [-0.15, -0.1) is 0 Å². The Morgan fingerprint density at radius 1 is 1.14 bits per heavy atom. The molecule has 5 nitrogen and oxygen atoms in total. The first kappa shape index (κ1) is 19.9. The fraction of sp³-hybridized carbons (Fsp3) is 0.409. The van der Waals surface area contributed by atoms with E-state index < -0.39 is 15.7 Å². The molecule has 0 N–H and O–H groups in total. The van der Waals surface area contributed by atoms with E-state index in [0.29, 0.717) is 12.6 Å². The fourth-order valence-corrected chi connectivity index (χ4v) is 5.35.